The summed E-state index contributed by atoms with van der Waals surface area (Å²) in [5, 5.41) is 5.38. The van der Waals surface area contributed by atoms with Crippen molar-refractivity contribution in [3.63, 3.8) is 0 Å². The average Bonchev–Trinajstić information content (AvgIpc) is 2.84. The molecular weight excluding hydrogens is 470 g/mol. The van der Waals surface area contributed by atoms with Gasteiger partial charge in [-0.1, -0.05) is 44.4 Å². The lowest BCUT2D eigenvalue weighted by molar-refractivity contribution is -0.137. The summed E-state index contributed by atoms with van der Waals surface area (Å²) in [6, 6.07) is 13.4. The molecular formula is C29H33N3O5. The summed E-state index contributed by atoms with van der Waals surface area (Å²) in [6.45, 7) is 8.63. The minimum atomic E-state index is -1.28. The van der Waals surface area contributed by atoms with E-state index in [-0.39, 0.29) is 5.92 Å². The molecule has 0 aromatic heterocycles. The number of benzene rings is 2. The topological polar surface area (TPSA) is 97.0 Å². The van der Waals surface area contributed by atoms with E-state index in [1.165, 1.54) is 7.11 Å². The van der Waals surface area contributed by atoms with Gasteiger partial charge in [0.2, 0.25) is 0 Å². The zero-order valence-electron chi connectivity index (χ0n) is 22.0. The van der Waals surface area contributed by atoms with E-state index in [2.05, 4.69) is 22.6 Å². The van der Waals surface area contributed by atoms with Crippen molar-refractivity contribution in [3.8, 4) is 30.6 Å². The van der Waals surface area contributed by atoms with Crippen LogP contribution in [0.3, 0.4) is 0 Å². The number of nitrogens with zero attached hydrogens (tertiary/aromatic N) is 1. The molecule has 0 radical (unpaired) electrons. The third-order valence-electron chi connectivity index (χ3n) is 5.26. The standard InChI is InChI=1S/C29H33N3O5/c1-9-20-13-11-12-14-23(20)25(26(33)30-21-15-17-22(36-8)18-16-21)32(10-2)27(34)24(19(3)4)31-28(35)37-29(5,6)7/h1-2,11-19,24-25H,3-8H3,(H,30,33)(H,31,35). The number of ether oxygens (including phenoxy) is 2. The van der Waals surface area contributed by atoms with Gasteiger partial charge in [0.15, 0.2) is 6.04 Å². The second kappa shape index (κ2) is 12.5. The number of carbonyl (C=O) groups excluding carboxylic acids is 3. The second-order valence-corrected chi connectivity index (χ2v) is 9.56. The third-order valence-corrected chi connectivity index (χ3v) is 5.26. The largest absolute Gasteiger partial charge is 0.497 e. The number of hydrogen-bond donors (Lipinski definition) is 2. The summed E-state index contributed by atoms with van der Waals surface area (Å²) < 4.78 is 10.5. The lowest BCUT2D eigenvalue weighted by atomic mass is 9.96. The molecule has 0 spiro atoms. The Morgan fingerprint density at radius 1 is 1.00 bits per heavy atom. The molecule has 8 heteroatoms. The maximum absolute atomic E-state index is 13.7. The Labute approximate surface area is 218 Å². The van der Waals surface area contributed by atoms with Gasteiger partial charge < -0.3 is 20.1 Å². The molecule has 8 nitrogen and oxygen atoms in total. The summed E-state index contributed by atoms with van der Waals surface area (Å²) in [7, 11) is 1.53. The van der Waals surface area contributed by atoms with Crippen LogP contribution in [-0.2, 0) is 14.3 Å². The molecule has 2 unspecified atom stereocenters. The third kappa shape index (κ3) is 7.78. The van der Waals surface area contributed by atoms with Crippen molar-refractivity contribution in [2.45, 2.75) is 52.3 Å². The predicted octanol–water partition coefficient (Wildman–Crippen LogP) is 4.32. The van der Waals surface area contributed by atoms with Gasteiger partial charge in [-0.3, -0.25) is 14.5 Å². The fourth-order valence-corrected chi connectivity index (χ4v) is 3.51. The Bertz CT molecular complexity index is 1200. The lowest BCUT2D eigenvalue weighted by Gasteiger charge is -2.32. The van der Waals surface area contributed by atoms with E-state index < -0.39 is 35.6 Å². The molecule has 2 atom stereocenters. The van der Waals surface area contributed by atoms with Gasteiger partial charge in [0.25, 0.3) is 11.8 Å². The molecule has 37 heavy (non-hydrogen) atoms. The number of nitrogens with one attached hydrogen (secondary N) is 2. The Hall–Kier alpha value is -4.43. The number of carbonyl (C=O) groups is 3. The van der Waals surface area contributed by atoms with Crippen LogP contribution in [0.5, 0.6) is 5.75 Å². The summed E-state index contributed by atoms with van der Waals surface area (Å²) in [6.07, 6.45) is 10.7. The molecule has 0 aliphatic rings. The number of anilines is 1. The smallest absolute Gasteiger partial charge is 0.408 e. The van der Waals surface area contributed by atoms with Crippen molar-refractivity contribution in [1.29, 1.82) is 0 Å². The first-order chi connectivity index (χ1) is 17.4. The molecule has 0 saturated carbocycles. The normalized spacial score (nSPS) is 12.4. The Kier molecular flexibility index (Phi) is 9.74. The summed E-state index contributed by atoms with van der Waals surface area (Å²) in [5.41, 5.74) is 0.451. The molecule has 0 aliphatic carbocycles. The van der Waals surface area contributed by atoms with Crippen LogP contribution >= 0.6 is 0 Å². The summed E-state index contributed by atoms with van der Waals surface area (Å²) in [4.78, 5) is 40.8. The van der Waals surface area contributed by atoms with Gasteiger partial charge in [0.05, 0.1) is 7.11 Å². The zero-order valence-corrected chi connectivity index (χ0v) is 22.0. The number of amides is 3. The van der Waals surface area contributed by atoms with E-state index in [9.17, 15) is 14.4 Å². The van der Waals surface area contributed by atoms with E-state index in [0.29, 0.717) is 22.6 Å². The first-order valence-electron chi connectivity index (χ1n) is 11.7. The van der Waals surface area contributed by atoms with Gasteiger partial charge in [-0.05, 0) is 57.0 Å². The molecule has 0 saturated heterocycles. The predicted molar refractivity (Wildman–Crippen MR) is 142 cm³/mol. The average molecular weight is 504 g/mol. The molecule has 0 heterocycles. The maximum Gasteiger partial charge on any atom is 0.408 e. The van der Waals surface area contributed by atoms with Crippen LogP contribution in [0.25, 0.3) is 0 Å². The van der Waals surface area contributed by atoms with Crippen molar-refractivity contribution >= 4 is 23.6 Å². The minimum Gasteiger partial charge on any atom is -0.497 e. The molecule has 3 amide bonds. The van der Waals surface area contributed by atoms with E-state index in [1.54, 1.807) is 83.1 Å². The number of hydrogen-bond acceptors (Lipinski definition) is 5. The van der Waals surface area contributed by atoms with Gasteiger partial charge in [0.1, 0.15) is 17.4 Å². The van der Waals surface area contributed by atoms with Crippen molar-refractivity contribution < 1.29 is 23.9 Å². The van der Waals surface area contributed by atoms with Gasteiger partial charge in [-0.2, -0.15) is 0 Å². The van der Waals surface area contributed by atoms with Crippen LogP contribution in [0.1, 0.15) is 51.8 Å². The Morgan fingerprint density at radius 3 is 2.14 bits per heavy atom. The molecule has 0 aliphatic heterocycles. The monoisotopic (exact) mass is 503 g/mol. The molecule has 2 N–H and O–H groups in total. The SMILES string of the molecule is C#Cc1ccccc1C(C(=O)Nc1ccc(OC)cc1)N(C#C)C(=O)C(NC(=O)OC(C)(C)C)C(C)C. The van der Waals surface area contributed by atoms with Crippen molar-refractivity contribution in [2.24, 2.45) is 5.92 Å². The quantitative estimate of drug-likeness (QED) is 0.413. The van der Waals surface area contributed by atoms with Crippen LogP contribution in [0.15, 0.2) is 48.5 Å². The number of methoxy groups -OCH3 is 1. The highest BCUT2D eigenvalue weighted by molar-refractivity contribution is 6.00. The first-order valence-corrected chi connectivity index (χ1v) is 11.7. The van der Waals surface area contributed by atoms with Gasteiger partial charge >= 0.3 is 6.09 Å². The second-order valence-electron chi connectivity index (χ2n) is 9.56. The van der Waals surface area contributed by atoms with Gasteiger partial charge in [0, 0.05) is 22.9 Å². The number of terminal acetylenes is 2. The maximum atomic E-state index is 13.7. The summed E-state index contributed by atoms with van der Waals surface area (Å²) in [5.74, 6) is 1.54. The minimum absolute atomic E-state index is 0.363. The molecule has 0 fully saturated rings. The molecule has 194 valence electrons. The Morgan fingerprint density at radius 2 is 1.62 bits per heavy atom. The highest BCUT2D eigenvalue weighted by Crippen LogP contribution is 2.27. The van der Waals surface area contributed by atoms with E-state index >= 15 is 0 Å². The Balaban J connectivity index is 2.50. The number of rotatable bonds is 8. The van der Waals surface area contributed by atoms with Gasteiger partial charge in [-0.15, -0.1) is 6.42 Å². The van der Waals surface area contributed by atoms with Crippen molar-refractivity contribution in [3.05, 3.63) is 59.7 Å². The van der Waals surface area contributed by atoms with E-state index in [1.807, 2.05) is 0 Å². The van der Waals surface area contributed by atoms with Crippen LogP contribution < -0.4 is 15.4 Å². The molecule has 2 aromatic carbocycles. The fraction of sp³-hybridized carbons (Fsp3) is 0.345. The number of alkyl carbamates (subject to hydrolysis) is 1. The lowest BCUT2D eigenvalue weighted by Crippen LogP contribution is -2.53. The molecule has 2 rings (SSSR count). The highest BCUT2D eigenvalue weighted by atomic mass is 16.6. The van der Waals surface area contributed by atoms with Crippen molar-refractivity contribution in [1.82, 2.24) is 10.2 Å². The zero-order chi connectivity index (χ0) is 27.8. The summed E-state index contributed by atoms with van der Waals surface area (Å²) >= 11 is 0. The molecule has 2 aromatic rings. The highest BCUT2D eigenvalue weighted by Gasteiger charge is 2.38. The van der Waals surface area contributed by atoms with Crippen LogP contribution in [0, 0.1) is 30.7 Å². The van der Waals surface area contributed by atoms with Crippen molar-refractivity contribution in [2.75, 3.05) is 12.4 Å². The first kappa shape index (κ1) is 28.8. The molecule has 0 bridgehead atoms. The van der Waals surface area contributed by atoms with Crippen LogP contribution in [0.4, 0.5) is 10.5 Å². The van der Waals surface area contributed by atoms with Crippen LogP contribution in [0.2, 0.25) is 0 Å². The fourth-order valence-electron chi connectivity index (χ4n) is 3.51. The van der Waals surface area contributed by atoms with Crippen LogP contribution in [-0.4, -0.2) is 41.6 Å². The van der Waals surface area contributed by atoms with E-state index in [0.717, 1.165) is 4.90 Å². The van der Waals surface area contributed by atoms with Gasteiger partial charge in [-0.25, -0.2) is 4.79 Å². The van der Waals surface area contributed by atoms with E-state index in [4.69, 9.17) is 22.3 Å².